The van der Waals surface area contributed by atoms with Crippen molar-refractivity contribution >= 4 is 33.2 Å². The molecule has 0 spiro atoms. The van der Waals surface area contributed by atoms with E-state index in [2.05, 4.69) is 4.72 Å². The second kappa shape index (κ2) is 7.26. The number of rotatable bonds is 6. The Morgan fingerprint density at radius 3 is 2.71 bits per heavy atom. The van der Waals surface area contributed by atoms with E-state index in [-0.39, 0.29) is 21.5 Å². The van der Waals surface area contributed by atoms with Gasteiger partial charge in [0, 0.05) is 24.8 Å². The number of aliphatic hydroxyl groups excluding tert-OH is 1. The third-order valence-electron chi connectivity index (χ3n) is 3.43. The van der Waals surface area contributed by atoms with E-state index in [1.807, 2.05) is 0 Å². The summed E-state index contributed by atoms with van der Waals surface area (Å²) in [6.07, 6.45) is 1.68. The van der Waals surface area contributed by atoms with Crippen molar-refractivity contribution in [1.29, 1.82) is 0 Å². The molecule has 1 heterocycles. The number of hydrogen-bond donors (Lipinski definition) is 2. The molecule has 0 aromatic heterocycles. The lowest BCUT2D eigenvalue weighted by atomic mass is 10.1. The van der Waals surface area contributed by atoms with E-state index in [9.17, 15) is 8.42 Å². The van der Waals surface area contributed by atoms with Gasteiger partial charge in [-0.2, -0.15) is 0 Å². The van der Waals surface area contributed by atoms with Gasteiger partial charge in [0.05, 0.1) is 11.6 Å². The van der Waals surface area contributed by atoms with Gasteiger partial charge in [-0.1, -0.05) is 23.2 Å². The number of benzene rings is 1. The number of hydrogen-bond acceptors (Lipinski definition) is 4. The lowest BCUT2D eigenvalue weighted by molar-refractivity contribution is 0.184. The number of sulfonamides is 1. The molecule has 0 saturated carbocycles. The summed E-state index contributed by atoms with van der Waals surface area (Å²) < 4.78 is 32.3. The van der Waals surface area contributed by atoms with E-state index in [1.54, 1.807) is 0 Å². The molecule has 0 bridgehead atoms. The SMILES string of the molecule is O=S(=O)(NCCC1CCOC1)c1cc(CO)c(Cl)cc1Cl. The predicted molar refractivity (Wildman–Crippen MR) is 81.1 cm³/mol. The van der Waals surface area contributed by atoms with Gasteiger partial charge >= 0.3 is 0 Å². The first-order valence-corrected chi connectivity index (χ1v) is 8.84. The predicted octanol–water partition coefficient (Wildman–Crippen LogP) is 2.19. The fourth-order valence-electron chi connectivity index (χ4n) is 2.18. The quantitative estimate of drug-likeness (QED) is 0.821. The van der Waals surface area contributed by atoms with Crippen LogP contribution in [-0.4, -0.2) is 33.3 Å². The lowest BCUT2D eigenvalue weighted by Gasteiger charge is -2.12. The van der Waals surface area contributed by atoms with E-state index in [0.717, 1.165) is 19.4 Å². The highest BCUT2D eigenvalue weighted by molar-refractivity contribution is 7.89. The molecule has 21 heavy (non-hydrogen) atoms. The normalized spacial score (nSPS) is 19.1. The molecule has 2 N–H and O–H groups in total. The fraction of sp³-hybridized carbons (Fsp3) is 0.538. The van der Waals surface area contributed by atoms with Crippen LogP contribution in [0.2, 0.25) is 10.0 Å². The maximum atomic E-state index is 12.3. The summed E-state index contributed by atoms with van der Waals surface area (Å²) in [5.74, 6) is 0.390. The van der Waals surface area contributed by atoms with Crippen molar-refractivity contribution in [1.82, 2.24) is 4.72 Å². The average Bonchev–Trinajstić information content (AvgIpc) is 2.91. The van der Waals surface area contributed by atoms with Crippen LogP contribution < -0.4 is 4.72 Å². The van der Waals surface area contributed by atoms with Crippen LogP contribution >= 0.6 is 23.2 Å². The van der Waals surface area contributed by atoms with Crippen molar-refractivity contribution < 1.29 is 18.3 Å². The number of halogens is 2. The first kappa shape index (κ1) is 17.0. The van der Waals surface area contributed by atoms with Crippen molar-refractivity contribution in [2.45, 2.75) is 24.3 Å². The first-order valence-electron chi connectivity index (χ1n) is 6.60. The summed E-state index contributed by atoms with van der Waals surface area (Å²) in [6, 6.07) is 2.62. The molecule has 1 unspecified atom stereocenters. The van der Waals surface area contributed by atoms with Crippen LogP contribution in [-0.2, 0) is 21.4 Å². The van der Waals surface area contributed by atoms with Gasteiger partial charge in [-0.05, 0) is 36.5 Å². The topological polar surface area (TPSA) is 75.6 Å². The van der Waals surface area contributed by atoms with Gasteiger partial charge in [-0.15, -0.1) is 0 Å². The van der Waals surface area contributed by atoms with Crippen LogP contribution in [0.3, 0.4) is 0 Å². The highest BCUT2D eigenvalue weighted by Gasteiger charge is 2.21. The van der Waals surface area contributed by atoms with Gasteiger partial charge in [-0.25, -0.2) is 13.1 Å². The molecule has 1 aromatic rings. The molecule has 1 fully saturated rings. The first-order chi connectivity index (χ1) is 9.94. The fourth-order valence-corrected chi connectivity index (χ4v) is 4.09. The molecule has 1 aliphatic heterocycles. The van der Waals surface area contributed by atoms with E-state index < -0.39 is 10.0 Å². The molecule has 1 aliphatic rings. The minimum Gasteiger partial charge on any atom is -0.392 e. The van der Waals surface area contributed by atoms with E-state index in [4.69, 9.17) is 33.0 Å². The van der Waals surface area contributed by atoms with Gasteiger partial charge in [0.1, 0.15) is 4.90 Å². The molecule has 8 heteroatoms. The molecule has 1 atom stereocenters. The van der Waals surface area contributed by atoms with Crippen molar-refractivity contribution in [3.05, 3.63) is 27.7 Å². The molecule has 1 aromatic carbocycles. The Morgan fingerprint density at radius 1 is 1.33 bits per heavy atom. The number of aliphatic hydroxyl groups is 1. The molecule has 1 saturated heterocycles. The van der Waals surface area contributed by atoms with Crippen molar-refractivity contribution in [3.8, 4) is 0 Å². The average molecular weight is 354 g/mol. The van der Waals surface area contributed by atoms with Crippen LogP contribution in [0.15, 0.2) is 17.0 Å². The smallest absolute Gasteiger partial charge is 0.242 e. The second-order valence-corrected chi connectivity index (χ2v) is 7.50. The largest absolute Gasteiger partial charge is 0.392 e. The minimum atomic E-state index is -3.72. The van der Waals surface area contributed by atoms with Crippen LogP contribution in [0.5, 0.6) is 0 Å². The van der Waals surface area contributed by atoms with Crippen LogP contribution in [0.4, 0.5) is 0 Å². The highest BCUT2D eigenvalue weighted by Crippen LogP contribution is 2.28. The van der Waals surface area contributed by atoms with Crippen LogP contribution in [0.25, 0.3) is 0 Å². The van der Waals surface area contributed by atoms with E-state index in [0.29, 0.717) is 24.6 Å². The van der Waals surface area contributed by atoms with Crippen molar-refractivity contribution in [2.24, 2.45) is 5.92 Å². The molecule has 2 rings (SSSR count). The molecular formula is C13H17Cl2NO4S. The summed E-state index contributed by atoms with van der Waals surface area (Å²) in [5, 5.41) is 9.44. The maximum Gasteiger partial charge on any atom is 0.242 e. The summed E-state index contributed by atoms with van der Waals surface area (Å²) in [6.45, 7) is 1.39. The Labute approximate surface area is 134 Å². The summed E-state index contributed by atoms with van der Waals surface area (Å²) in [5.41, 5.74) is 0.325. The Morgan fingerprint density at radius 2 is 2.10 bits per heavy atom. The zero-order valence-corrected chi connectivity index (χ0v) is 13.6. The Hall–Kier alpha value is -0.370. The van der Waals surface area contributed by atoms with Gasteiger partial charge in [-0.3, -0.25) is 0 Å². The standard InChI is InChI=1S/C13H17Cl2NO4S/c14-11-6-12(15)13(5-10(11)7-17)21(18,19)16-3-1-9-2-4-20-8-9/h5-6,9,16-17H,1-4,7-8H2. The Balaban J connectivity index is 2.07. The minimum absolute atomic E-state index is 0.0360. The Bertz CT molecular complexity index is 600. The molecular weight excluding hydrogens is 337 g/mol. The van der Waals surface area contributed by atoms with Crippen LogP contribution in [0, 0.1) is 5.92 Å². The highest BCUT2D eigenvalue weighted by atomic mass is 35.5. The van der Waals surface area contributed by atoms with E-state index in [1.165, 1.54) is 12.1 Å². The zero-order chi connectivity index (χ0) is 15.5. The molecule has 5 nitrogen and oxygen atoms in total. The van der Waals surface area contributed by atoms with Gasteiger partial charge in [0.15, 0.2) is 0 Å². The monoisotopic (exact) mass is 353 g/mol. The van der Waals surface area contributed by atoms with Gasteiger partial charge in [0.25, 0.3) is 0 Å². The molecule has 0 aliphatic carbocycles. The van der Waals surface area contributed by atoms with Crippen molar-refractivity contribution in [3.63, 3.8) is 0 Å². The second-order valence-electron chi connectivity index (χ2n) is 4.95. The molecule has 0 radical (unpaired) electrons. The van der Waals surface area contributed by atoms with Gasteiger partial charge in [0.2, 0.25) is 10.0 Å². The summed E-state index contributed by atoms with van der Waals surface area (Å²) in [4.78, 5) is -0.0692. The number of ether oxygens (including phenoxy) is 1. The Kier molecular flexibility index (Phi) is 5.88. The number of nitrogens with one attached hydrogen (secondary N) is 1. The van der Waals surface area contributed by atoms with Crippen LogP contribution in [0.1, 0.15) is 18.4 Å². The molecule has 118 valence electrons. The van der Waals surface area contributed by atoms with Gasteiger partial charge < -0.3 is 9.84 Å². The summed E-state index contributed by atoms with van der Waals surface area (Å²) in [7, 11) is -3.72. The lowest BCUT2D eigenvalue weighted by Crippen LogP contribution is -2.26. The zero-order valence-electron chi connectivity index (χ0n) is 11.3. The molecule has 0 amide bonds. The van der Waals surface area contributed by atoms with E-state index >= 15 is 0 Å². The van der Waals surface area contributed by atoms with Crippen molar-refractivity contribution in [2.75, 3.05) is 19.8 Å². The third-order valence-corrected chi connectivity index (χ3v) is 5.71. The summed E-state index contributed by atoms with van der Waals surface area (Å²) >= 11 is 11.8. The maximum absolute atomic E-state index is 12.3. The third kappa shape index (κ3) is 4.31.